The predicted octanol–water partition coefficient (Wildman–Crippen LogP) is 4.94. The zero-order valence-corrected chi connectivity index (χ0v) is 23.2. The summed E-state index contributed by atoms with van der Waals surface area (Å²) in [6.45, 7) is 5.18. The number of hydrogen-bond donors (Lipinski definition) is 2. The Balaban J connectivity index is 1.91. The molecule has 0 radical (unpaired) electrons. The minimum absolute atomic E-state index is 0.00450. The van der Waals surface area contributed by atoms with Crippen LogP contribution in [0.2, 0.25) is 5.02 Å². The molecule has 0 bridgehead atoms. The number of carbonyl (C=O) groups excluding carboxylic acids is 2. The molecule has 9 nitrogen and oxygen atoms in total. The Morgan fingerprint density at radius 2 is 1.80 bits per heavy atom. The molecule has 2 N–H and O–H groups in total. The Bertz CT molecular complexity index is 1410. The van der Waals surface area contributed by atoms with E-state index in [2.05, 4.69) is 15.6 Å². The average Bonchev–Trinajstić information content (AvgIpc) is 3.36. The lowest BCUT2D eigenvalue weighted by molar-refractivity contribution is -0.150. The first kappa shape index (κ1) is 30.9. The minimum Gasteiger partial charge on any atom is -0.480 e. The quantitative estimate of drug-likeness (QED) is 0.336. The van der Waals surface area contributed by atoms with Crippen LogP contribution in [0.1, 0.15) is 37.6 Å². The van der Waals surface area contributed by atoms with Crippen LogP contribution in [0, 0.1) is 0 Å². The number of nitrogens with zero attached hydrogens (tertiary/aromatic N) is 4. The van der Waals surface area contributed by atoms with Gasteiger partial charge in [-0.3, -0.25) is 9.59 Å². The Morgan fingerprint density at radius 3 is 2.38 bits per heavy atom. The van der Waals surface area contributed by atoms with E-state index < -0.39 is 48.1 Å². The van der Waals surface area contributed by atoms with E-state index in [0.29, 0.717) is 11.8 Å². The number of aromatic nitrogens is 3. The molecule has 2 amide bonds. The third-order valence-corrected chi connectivity index (χ3v) is 6.38. The maximum atomic E-state index is 13.1. The van der Waals surface area contributed by atoms with Gasteiger partial charge < -0.3 is 15.3 Å². The number of carboxylic acids is 1. The number of nitrogens with one attached hydrogen (secondary N) is 1. The topological polar surface area (TPSA) is 117 Å². The van der Waals surface area contributed by atoms with Gasteiger partial charge in [0.05, 0.1) is 17.6 Å². The number of carbonyl (C=O) groups is 3. The van der Waals surface area contributed by atoms with Crippen molar-refractivity contribution in [3.8, 4) is 5.69 Å². The smallest absolute Gasteiger partial charge is 0.436 e. The minimum atomic E-state index is -4.74. The van der Waals surface area contributed by atoms with Crippen LogP contribution >= 0.6 is 23.2 Å². The first-order valence-corrected chi connectivity index (χ1v) is 12.8. The molecule has 0 aliphatic rings. The van der Waals surface area contributed by atoms with Gasteiger partial charge in [-0.2, -0.15) is 13.2 Å². The van der Waals surface area contributed by atoms with Crippen molar-refractivity contribution >= 4 is 46.7 Å². The summed E-state index contributed by atoms with van der Waals surface area (Å²) in [5.74, 6) is -3.57. The molecule has 0 saturated heterocycles. The summed E-state index contributed by atoms with van der Waals surface area (Å²) in [4.78, 5) is 39.0. The molecule has 214 valence electrons. The van der Waals surface area contributed by atoms with Crippen LogP contribution in [0.25, 0.3) is 5.69 Å². The van der Waals surface area contributed by atoms with Gasteiger partial charge in [-0.25, -0.2) is 9.48 Å². The monoisotopic (exact) mass is 599 g/mol. The number of halogens is 5. The van der Waals surface area contributed by atoms with E-state index in [-0.39, 0.29) is 28.2 Å². The van der Waals surface area contributed by atoms with E-state index in [0.717, 1.165) is 15.1 Å². The van der Waals surface area contributed by atoms with Crippen LogP contribution < -0.4 is 5.32 Å². The van der Waals surface area contributed by atoms with Crippen molar-refractivity contribution in [1.29, 1.82) is 0 Å². The molecule has 1 aromatic heterocycles. The SMILES string of the molecule is CC(C)(C)c1ccccc1CC(C(=O)O)N(CC(=O)Nc1cc(Cl)ccc1-n1cc(C(F)(F)F)nn1)C(=O)CCl. The van der Waals surface area contributed by atoms with Gasteiger partial charge in [-0.15, -0.1) is 16.7 Å². The van der Waals surface area contributed by atoms with Crippen molar-refractivity contribution in [2.75, 3.05) is 17.7 Å². The van der Waals surface area contributed by atoms with Gasteiger partial charge in [0.15, 0.2) is 5.69 Å². The molecule has 40 heavy (non-hydrogen) atoms. The van der Waals surface area contributed by atoms with E-state index in [1.54, 1.807) is 12.1 Å². The summed E-state index contributed by atoms with van der Waals surface area (Å²) in [7, 11) is 0. The molecule has 0 aliphatic carbocycles. The molecule has 2 aromatic carbocycles. The number of aliphatic carboxylic acids is 1. The molecule has 1 unspecified atom stereocenters. The molecular formula is C26H26Cl2F3N5O4. The highest BCUT2D eigenvalue weighted by Crippen LogP contribution is 2.30. The van der Waals surface area contributed by atoms with E-state index in [9.17, 15) is 32.7 Å². The molecule has 0 aliphatic heterocycles. The standard InChI is InChI=1S/C26H26Cl2F3N5O4/c1-25(2,3)17-7-5-4-6-15(17)10-20(24(39)40)35(23(38)12-27)14-22(37)32-18-11-16(28)8-9-19(18)36-13-21(33-34-36)26(29,30)31/h4-9,11,13,20H,10,12,14H2,1-3H3,(H,32,37)(H,39,40). The highest BCUT2D eigenvalue weighted by molar-refractivity contribution is 6.31. The first-order chi connectivity index (χ1) is 18.6. The lowest BCUT2D eigenvalue weighted by atomic mass is 9.82. The van der Waals surface area contributed by atoms with Crippen LogP contribution in [0.5, 0.6) is 0 Å². The van der Waals surface area contributed by atoms with Crippen molar-refractivity contribution in [3.63, 3.8) is 0 Å². The zero-order chi connectivity index (χ0) is 29.8. The summed E-state index contributed by atoms with van der Waals surface area (Å²) in [6, 6.07) is 9.71. The molecule has 1 atom stereocenters. The number of alkyl halides is 4. The van der Waals surface area contributed by atoms with Crippen LogP contribution in [0.15, 0.2) is 48.7 Å². The van der Waals surface area contributed by atoms with Gasteiger partial charge >= 0.3 is 12.1 Å². The molecule has 14 heteroatoms. The highest BCUT2D eigenvalue weighted by Gasteiger charge is 2.35. The lowest BCUT2D eigenvalue weighted by Crippen LogP contribution is -2.50. The van der Waals surface area contributed by atoms with Crippen molar-refractivity contribution in [3.05, 3.63) is 70.5 Å². The van der Waals surface area contributed by atoms with E-state index >= 15 is 0 Å². The fourth-order valence-corrected chi connectivity index (χ4v) is 4.41. The predicted molar refractivity (Wildman–Crippen MR) is 143 cm³/mol. The number of carboxylic acid groups (broad SMARTS) is 1. The summed E-state index contributed by atoms with van der Waals surface area (Å²) in [5, 5.41) is 19.2. The molecular weight excluding hydrogens is 574 g/mol. The van der Waals surface area contributed by atoms with Crippen molar-refractivity contribution < 1.29 is 32.7 Å². The Kier molecular flexibility index (Phi) is 9.47. The van der Waals surface area contributed by atoms with E-state index in [1.807, 2.05) is 32.9 Å². The van der Waals surface area contributed by atoms with Crippen molar-refractivity contribution in [2.24, 2.45) is 0 Å². The van der Waals surface area contributed by atoms with Gasteiger partial charge in [-0.05, 0) is 34.7 Å². The Hall–Kier alpha value is -3.64. The zero-order valence-electron chi connectivity index (χ0n) is 21.7. The van der Waals surface area contributed by atoms with E-state index in [1.165, 1.54) is 18.2 Å². The molecule has 3 aromatic rings. The van der Waals surface area contributed by atoms with Gasteiger partial charge in [0.1, 0.15) is 18.5 Å². The number of rotatable bonds is 9. The highest BCUT2D eigenvalue weighted by atomic mass is 35.5. The van der Waals surface area contributed by atoms with Gasteiger partial charge in [-0.1, -0.05) is 61.9 Å². The molecule has 3 rings (SSSR count). The van der Waals surface area contributed by atoms with Crippen LogP contribution in [0.4, 0.5) is 18.9 Å². The van der Waals surface area contributed by atoms with Crippen molar-refractivity contribution in [2.45, 2.75) is 44.8 Å². The second kappa shape index (κ2) is 12.3. The van der Waals surface area contributed by atoms with Crippen LogP contribution in [-0.4, -0.2) is 61.3 Å². The van der Waals surface area contributed by atoms with Gasteiger partial charge in [0, 0.05) is 11.4 Å². The van der Waals surface area contributed by atoms with Gasteiger partial charge in [0.2, 0.25) is 11.8 Å². The third kappa shape index (κ3) is 7.51. The van der Waals surface area contributed by atoms with Crippen LogP contribution in [0.3, 0.4) is 0 Å². The van der Waals surface area contributed by atoms with Gasteiger partial charge in [0.25, 0.3) is 0 Å². The summed E-state index contributed by atoms with van der Waals surface area (Å²) in [5.41, 5.74) is -0.0606. The number of anilines is 1. The summed E-state index contributed by atoms with van der Waals surface area (Å²) in [6.07, 6.45) is -4.20. The van der Waals surface area contributed by atoms with E-state index in [4.69, 9.17) is 23.2 Å². The second-order valence-electron chi connectivity index (χ2n) is 9.88. The maximum Gasteiger partial charge on any atom is 0.436 e. The summed E-state index contributed by atoms with van der Waals surface area (Å²) < 4.78 is 39.9. The number of benzene rings is 2. The molecule has 0 saturated carbocycles. The normalized spacial score (nSPS) is 12.6. The maximum absolute atomic E-state index is 13.1. The first-order valence-electron chi connectivity index (χ1n) is 11.9. The van der Waals surface area contributed by atoms with Crippen molar-refractivity contribution in [1.82, 2.24) is 19.9 Å². The fourth-order valence-electron chi connectivity index (χ4n) is 4.08. The number of amides is 2. The van der Waals surface area contributed by atoms with Crippen LogP contribution in [-0.2, 0) is 32.4 Å². The average molecular weight is 600 g/mol. The Labute approximate surface area is 237 Å². The second-order valence-corrected chi connectivity index (χ2v) is 10.6. The fraction of sp³-hybridized carbons (Fsp3) is 0.346. The summed E-state index contributed by atoms with van der Waals surface area (Å²) >= 11 is 11.8. The molecule has 0 fully saturated rings. The lowest BCUT2D eigenvalue weighted by Gasteiger charge is -2.30. The third-order valence-electron chi connectivity index (χ3n) is 5.91. The molecule has 0 spiro atoms. The largest absolute Gasteiger partial charge is 0.480 e. The number of hydrogen-bond acceptors (Lipinski definition) is 5. The molecule has 1 heterocycles. The Morgan fingerprint density at radius 1 is 1.12 bits per heavy atom.